The minimum Gasteiger partial charge on any atom is -0.372 e. The van der Waals surface area contributed by atoms with Crippen LogP contribution < -0.4 is 5.32 Å². The Hall–Kier alpha value is -2.19. The highest BCUT2D eigenvalue weighted by atomic mass is 32.1. The number of fused-ring (bicyclic) bond motifs is 1. The maximum atomic E-state index is 12.6. The summed E-state index contributed by atoms with van der Waals surface area (Å²) in [6.07, 6.45) is 2.47. The van der Waals surface area contributed by atoms with E-state index in [0.717, 1.165) is 12.1 Å². The first kappa shape index (κ1) is 17.6. The van der Waals surface area contributed by atoms with Crippen molar-refractivity contribution in [2.24, 2.45) is 0 Å². The van der Waals surface area contributed by atoms with Gasteiger partial charge in [0.2, 0.25) is 11.8 Å². The van der Waals surface area contributed by atoms with E-state index in [4.69, 9.17) is 4.74 Å². The van der Waals surface area contributed by atoms with Crippen LogP contribution in [0.1, 0.15) is 23.5 Å². The van der Waals surface area contributed by atoms with Gasteiger partial charge in [-0.25, -0.2) is 0 Å². The van der Waals surface area contributed by atoms with E-state index in [1.165, 1.54) is 4.88 Å². The summed E-state index contributed by atoms with van der Waals surface area (Å²) in [6.45, 7) is 3.71. The van der Waals surface area contributed by atoms with Crippen LogP contribution in [0.15, 0.2) is 29.8 Å². The van der Waals surface area contributed by atoms with Crippen molar-refractivity contribution in [3.8, 4) is 0 Å². The van der Waals surface area contributed by atoms with E-state index >= 15 is 0 Å². The van der Waals surface area contributed by atoms with Crippen LogP contribution in [0.25, 0.3) is 0 Å². The van der Waals surface area contributed by atoms with Crippen LogP contribution in [0.4, 0.5) is 0 Å². The van der Waals surface area contributed by atoms with Gasteiger partial charge in [-0.05, 0) is 30.9 Å². The Morgan fingerprint density at radius 1 is 1.44 bits per heavy atom. The molecule has 0 spiro atoms. The van der Waals surface area contributed by atoms with Crippen molar-refractivity contribution < 1.29 is 14.3 Å². The van der Waals surface area contributed by atoms with Gasteiger partial charge in [-0.15, -0.1) is 11.3 Å². The predicted molar refractivity (Wildman–Crippen MR) is 94.2 cm³/mol. The monoisotopic (exact) mass is 362 g/mol. The van der Waals surface area contributed by atoms with E-state index in [-0.39, 0.29) is 18.4 Å². The second-order valence-corrected chi connectivity index (χ2v) is 6.85. The van der Waals surface area contributed by atoms with Crippen LogP contribution >= 0.6 is 11.3 Å². The standard InChI is InChI=1S/C17H22N4O3S/c1-2-24-12-16(22)20-10-13-5-8-19-21(13)15(11-20)17(23)18-7-6-14-4-3-9-25-14/h3-5,8-9,15H,2,6-7,10-12H2,1H3,(H,18,23)/t15-/m1/s1. The predicted octanol–water partition coefficient (Wildman–Crippen LogP) is 1.22. The highest BCUT2D eigenvalue weighted by molar-refractivity contribution is 7.09. The van der Waals surface area contributed by atoms with Gasteiger partial charge >= 0.3 is 0 Å². The molecule has 0 unspecified atom stereocenters. The minimum absolute atomic E-state index is 0.0390. The van der Waals surface area contributed by atoms with Crippen molar-refractivity contribution in [1.82, 2.24) is 20.0 Å². The first-order valence-corrected chi connectivity index (χ1v) is 9.25. The lowest BCUT2D eigenvalue weighted by atomic mass is 10.1. The molecule has 1 aliphatic heterocycles. The fraction of sp³-hybridized carbons (Fsp3) is 0.471. The lowest BCUT2D eigenvalue weighted by Crippen LogP contribution is -2.48. The average molecular weight is 362 g/mol. The highest BCUT2D eigenvalue weighted by Crippen LogP contribution is 2.20. The van der Waals surface area contributed by atoms with Gasteiger partial charge in [0.1, 0.15) is 12.6 Å². The number of amides is 2. The third-order valence-electron chi connectivity index (χ3n) is 4.13. The molecule has 3 rings (SSSR count). The average Bonchev–Trinajstić information content (AvgIpc) is 3.29. The molecule has 25 heavy (non-hydrogen) atoms. The number of nitrogens with one attached hydrogen (secondary N) is 1. The summed E-state index contributed by atoms with van der Waals surface area (Å²) in [4.78, 5) is 27.8. The molecule has 1 N–H and O–H groups in total. The number of hydrogen-bond donors (Lipinski definition) is 1. The summed E-state index contributed by atoms with van der Waals surface area (Å²) in [7, 11) is 0. The van der Waals surface area contributed by atoms with Gasteiger partial charge < -0.3 is 15.0 Å². The fourth-order valence-corrected chi connectivity index (χ4v) is 3.55. The Morgan fingerprint density at radius 3 is 3.08 bits per heavy atom. The smallest absolute Gasteiger partial charge is 0.249 e. The number of ether oxygens (including phenoxy) is 1. The van der Waals surface area contributed by atoms with E-state index in [1.807, 2.05) is 24.4 Å². The quantitative estimate of drug-likeness (QED) is 0.804. The third-order valence-corrected chi connectivity index (χ3v) is 5.07. The van der Waals surface area contributed by atoms with Crippen molar-refractivity contribution in [1.29, 1.82) is 0 Å². The second-order valence-electron chi connectivity index (χ2n) is 5.81. The summed E-state index contributed by atoms with van der Waals surface area (Å²) in [5.41, 5.74) is 0.856. The van der Waals surface area contributed by atoms with Crippen molar-refractivity contribution in [2.75, 3.05) is 26.3 Å². The molecule has 3 heterocycles. The zero-order valence-corrected chi connectivity index (χ0v) is 15.0. The molecule has 1 atom stereocenters. The number of carbonyl (C=O) groups is 2. The Labute approximate surface area is 150 Å². The van der Waals surface area contributed by atoms with Gasteiger partial charge in [-0.3, -0.25) is 14.3 Å². The molecule has 7 nitrogen and oxygen atoms in total. The van der Waals surface area contributed by atoms with Gasteiger partial charge in [0.05, 0.1) is 18.8 Å². The zero-order valence-electron chi connectivity index (χ0n) is 14.2. The van der Waals surface area contributed by atoms with Gasteiger partial charge in [-0.2, -0.15) is 5.10 Å². The van der Waals surface area contributed by atoms with Crippen LogP contribution in [0.2, 0.25) is 0 Å². The van der Waals surface area contributed by atoms with Gasteiger partial charge in [0.15, 0.2) is 0 Å². The van der Waals surface area contributed by atoms with Crippen LogP contribution in [-0.2, 0) is 27.3 Å². The Kier molecular flexibility index (Phi) is 5.83. The van der Waals surface area contributed by atoms with Crippen LogP contribution in [0.3, 0.4) is 0 Å². The second kappa shape index (κ2) is 8.26. The Balaban J connectivity index is 1.62. The molecule has 0 bridgehead atoms. The molecule has 1 aliphatic rings. The molecule has 2 amide bonds. The largest absolute Gasteiger partial charge is 0.372 e. The normalized spacial score (nSPS) is 16.5. The van der Waals surface area contributed by atoms with Crippen molar-refractivity contribution >= 4 is 23.2 Å². The van der Waals surface area contributed by atoms with E-state index in [1.54, 1.807) is 27.1 Å². The molecule has 0 aromatic carbocycles. The maximum Gasteiger partial charge on any atom is 0.249 e. The van der Waals surface area contributed by atoms with E-state index in [0.29, 0.717) is 26.2 Å². The first-order valence-electron chi connectivity index (χ1n) is 8.37. The molecule has 0 fully saturated rings. The molecule has 0 saturated carbocycles. The van der Waals surface area contributed by atoms with E-state index < -0.39 is 6.04 Å². The molecule has 0 radical (unpaired) electrons. The van der Waals surface area contributed by atoms with Crippen LogP contribution in [0, 0.1) is 0 Å². The van der Waals surface area contributed by atoms with Crippen LogP contribution in [0.5, 0.6) is 0 Å². The summed E-state index contributed by atoms with van der Waals surface area (Å²) in [5, 5.41) is 9.25. The number of nitrogens with zero attached hydrogens (tertiary/aromatic N) is 3. The molecular weight excluding hydrogens is 340 g/mol. The highest BCUT2D eigenvalue weighted by Gasteiger charge is 2.32. The lowest BCUT2D eigenvalue weighted by Gasteiger charge is -2.33. The third kappa shape index (κ3) is 4.26. The number of aromatic nitrogens is 2. The van der Waals surface area contributed by atoms with E-state index in [2.05, 4.69) is 16.5 Å². The number of hydrogen-bond acceptors (Lipinski definition) is 5. The molecular formula is C17H22N4O3S. The SMILES string of the molecule is CCOCC(=O)N1Cc2ccnn2[C@@H](C(=O)NCCc2cccs2)C1. The molecule has 134 valence electrons. The van der Waals surface area contributed by atoms with Gasteiger partial charge in [0, 0.05) is 24.2 Å². The van der Waals surface area contributed by atoms with Crippen molar-refractivity contribution in [3.05, 3.63) is 40.3 Å². The summed E-state index contributed by atoms with van der Waals surface area (Å²) < 4.78 is 6.92. The van der Waals surface area contributed by atoms with E-state index in [9.17, 15) is 9.59 Å². The number of carbonyl (C=O) groups excluding carboxylic acids is 2. The molecule has 0 aliphatic carbocycles. The Morgan fingerprint density at radius 2 is 2.32 bits per heavy atom. The van der Waals surface area contributed by atoms with Crippen LogP contribution in [-0.4, -0.2) is 52.8 Å². The van der Waals surface area contributed by atoms with Crippen molar-refractivity contribution in [3.63, 3.8) is 0 Å². The minimum atomic E-state index is -0.507. The molecule has 8 heteroatoms. The molecule has 2 aromatic rings. The first-order chi connectivity index (χ1) is 12.2. The summed E-state index contributed by atoms with van der Waals surface area (Å²) in [6, 6.07) is 5.39. The fourth-order valence-electron chi connectivity index (χ4n) is 2.84. The van der Waals surface area contributed by atoms with Crippen molar-refractivity contribution in [2.45, 2.75) is 25.9 Å². The summed E-state index contributed by atoms with van der Waals surface area (Å²) in [5.74, 6) is -0.221. The summed E-state index contributed by atoms with van der Waals surface area (Å²) >= 11 is 1.68. The van der Waals surface area contributed by atoms with Gasteiger partial charge in [0.25, 0.3) is 0 Å². The molecule has 2 aromatic heterocycles. The zero-order chi connectivity index (χ0) is 17.6. The number of thiophene rings is 1. The topological polar surface area (TPSA) is 76.5 Å². The Bertz CT molecular complexity index is 713. The van der Waals surface area contributed by atoms with Gasteiger partial charge in [-0.1, -0.05) is 6.07 Å². The lowest BCUT2D eigenvalue weighted by molar-refractivity contribution is -0.139. The maximum absolute atomic E-state index is 12.6. The number of rotatable bonds is 7. The molecule has 0 saturated heterocycles.